The van der Waals surface area contributed by atoms with Crippen molar-refractivity contribution in [1.29, 1.82) is 0 Å². The van der Waals surface area contributed by atoms with Crippen LogP contribution in [0.15, 0.2) is 0 Å². The van der Waals surface area contributed by atoms with Crippen LogP contribution in [0, 0.1) is 0 Å². The van der Waals surface area contributed by atoms with Gasteiger partial charge in [-0.2, -0.15) is 0 Å². The Hall–Kier alpha value is 1.74. The maximum atomic E-state index is 9.97. The van der Waals surface area contributed by atoms with Gasteiger partial charge in [0.25, 0.3) is 0 Å². The normalized spacial score (nSPS) is 10.5. The van der Waals surface area contributed by atoms with E-state index in [2.05, 4.69) is 19.6 Å². The summed E-state index contributed by atoms with van der Waals surface area (Å²) in [4.78, 5) is 9.97. The third-order valence-corrected chi connectivity index (χ3v) is 9.39. The smallest absolute Gasteiger partial charge is 0.855 e. The van der Waals surface area contributed by atoms with E-state index in [9.17, 15) is 4.80 Å². The monoisotopic (exact) mass is 172 g/mol. The van der Waals surface area contributed by atoms with Crippen LogP contribution in [0.3, 0.4) is 0 Å². The maximum absolute atomic E-state index is 9.97. The molecule has 0 rings (SSSR count). The van der Waals surface area contributed by atoms with Crippen molar-refractivity contribution in [3.05, 3.63) is 0 Å². The molecule has 0 atom stereocenters. The molecule has 0 unspecified atom stereocenters. The minimum absolute atomic E-state index is 0. The van der Waals surface area contributed by atoms with E-state index < -0.39 is 7.22 Å². The second kappa shape index (κ2) is 5.52. The molecule has 1 nitrogen and oxygen atoms in total. The van der Waals surface area contributed by atoms with E-state index in [1.54, 1.807) is 10.7 Å². The van der Waals surface area contributed by atoms with Crippen LogP contribution in [0.5, 0.6) is 0 Å². The van der Waals surface area contributed by atoms with Gasteiger partial charge < -0.3 is 4.80 Å². The Labute approximate surface area is 80.2 Å². The second-order valence-electron chi connectivity index (χ2n) is 2.30. The van der Waals surface area contributed by atoms with E-state index in [1.165, 1.54) is 0 Å². The third-order valence-electron chi connectivity index (χ3n) is 0.348. The average Bonchev–Trinajstić information content (AvgIpc) is 1.30. The first kappa shape index (κ1) is 12.4. The van der Waals surface area contributed by atoms with E-state index in [0.29, 0.717) is 0 Å². The van der Waals surface area contributed by atoms with Crippen LogP contribution in [0.4, 0.5) is 0 Å². The summed E-state index contributed by atoms with van der Waals surface area (Å²) in [5, 5.41) is 0. The summed E-state index contributed by atoms with van der Waals surface area (Å²) in [6.45, 7) is 6.55. The van der Waals surface area contributed by atoms with Crippen molar-refractivity contribution in [1.82, 2.24) is 0 Å². The molecule has 0 N–H and O–H groups in total. The van der Waals surface area contributed by atoms with Gasteiger partial charge >= 0.3 is 29.6 Å². The number of rotatable bonds is 2. The van der Waals surface area contributed by atoms with Gasteiger partial charge in [-0.1, -0.05) is 19.6 Å². The fourth-order valence-electron chi connectivity index (χ4n) is 0.125. The predicted molar refractivity (Wildman–Crippen MR) is 36.7 cm³/mol. The molecular weight excluding hydrogens is 163 g/mol. The molecule has 0 aliphatic heterocycles. The summed E-state index contributed by atoms with van der Waals surface area (Å²) in [5.74, 6) is 0. The second-order valence-corrected chi connectivity index (χ2v) is 13.5. The fourth-order valence-corrected chi connectivity index (χ4v) is 3.38. The zero-order valence-corrected chi connectivity index (χ0v) is 10.6. The van der Waals surface area contributed by atoms with Crippen molar-refractivity contribution in [3.63, 3.8) is 0 Å². The molecule has 0 aromatic rings. The van der Waals surface area contributed by atoms with Gasteiger partial charge in [-0.3, -0.25) is 0 Å². The summed E-state index contributed by atoms with van der Waals surface area (Å²) >= 11 is 0. The van der Waals surface area contributed by atoms with Gasteiger partial charge in [0, 0.05) is 0 Å². The van der Waals surface area contributed by atoms with Crippen molar-refractivity contribution >= 4 is 26.8 Å². The Balaban J connectivity index is 0. The van der Waals surface area contributed by atoms with Crippen LogP contribution in [0.1, 0.15) is 0 Å². The Morgan fingerprint density at radius 2 is 1.75 bits per heavy atom. The minimum atomic E-state index is -1.04. The summed E-state index contributed by atoms with van der Waals surface area (Å²) in [6, 6.07) is 0. The van der Waals surface area contributed by atoms with Crippen molar-refractivity contribution in [2.45, 2.75) is 19.6 Å². The van der Waals surface area contributed by atoms with Crippen LogP contribution in [-0.4, -0.2) is 16.1 Å². The standard InChI is InChI=1S/C3H9OSSi2.Na/c1-7(2,3)5-6-4;/h1-3H3;/q-1;+1. The van der Waals surface area contributed by atoms with Crippen molar-refractivity contribution in [2.75, 3.05) is 0 Å². The molecule has 2 radical (unpaired) electrons. The van der Waals surface area contributed by atoms with E-state index in [0.717, 1.165) is 0 Å². The molecule has 0 spiro atoms. The zero-order valence-electron chi connectivity index (χ0n) is 5.82. The van der Waals surface area contributed by atoms with Crippen molar-refractivity contribution < 1.29 is 34.4 Å². The van der Waals surface area contributed by atoms with Crippen LogP contribution in [0.2, 0.25) is 19.6 Å². The van der Waals surface area contributed by atoms with Crippen molar-refractivity contribution in [3.8, 4) is 0 Å². The van der Waals surface area contributed by atoms with Gasteiger partial charge in [-0.05, 0) is 8.91 Å². The topological polar surface area (TPSA) is 23.1 Å². The largest absolute Gasteiger partial charge is 1.00 e. The SMILES string of the molecule is C[Si](C)(C)S[Si][O-].[Na+]. The van der Waals surface area contributed by atoms with Crippen molar-refractivity contribution in [2.24, 2.45) is 0 Å². The summed E-state index contributed by atoms with van der Waals surface area (Å²) in [6.07, 6.45) is 0. The fraction of sp³-hybridized carbons (Fsp3) is 1.00. The predicted octanol–water partition coefficient (Wildman–Crippen LogP) is -2.55. The van der Waals surface area contributed by atoms with Gasteiger partial charge in [0.15, 0.2) is 0 Å². The van der Waals surface area contributed by atoms with Crippen LogP contribution in [0.25, 0.3) is 0 Å². The maximum Gasteiger partial charge on any atom is 1.00 e. The molecule has 0 aliphatic rings. The Morgan fingerprint density at radius 1 is 1.38 bits per heavy atom. The molecule has 0 aromatic carbocycles. The zero-order chi connectivity index (χ0) is 5.91. The molecule has 8 heavy (non-hydrogen) atoms. The molecular formula is C3H9NaOSSi2. The minimum Gasteiger partial charge on any atom is -0.855 e. The molecule has 0 aliphatic carbocycles. The molecule has 0 amide bonds. The summed E-state index contributed by atoms with van der Waals surface area (Å²) in [7, 11) is 0.396. The Kier molecular flexibility index (Phi) is 8.58. The Morgan fingerprint density at radius 3 is 1.75 bits per heavy atom. The van der Waals surface area contributed by atoms with Gasteiger partial charge in [0.1, 0.15) is 0 Å². The number of hydrogen-bond acceptors (Lipinski definition) is 2. The van der Waals surface area contributed by atoms with Gasteiger partial charge in [0.05, 0.1) is 7.22 Å². The molecule has 0 aromatic heterocycles. The van der Waals surface area contributed by atoms with E-state index in [1.807, 2.05) is 0 Å². The first-order valence-corrected chi connectivity index (χ1v) is 8.79. The summed E-state index contributed by atoms with van der Waals surface area (Å²) < 4.78 is 0. The first-order chi connectivity index (χ1) is 3.06. The van der Waals surface area contributed by atoms with E-state index in [4.69, 9.17) is 0 Å². The molecule has 0 saturated heterocycles. The quantitative estimate of drug-likeness (QED) is 0.428. The number of hydrogen-bond donors (Lipinski definition) is 0. The molecule has 5 heteroatoms. The molecule has 0 saturated carbocycles. The molecule has 0 bridgehead atoms. The first-order valence-electron chi connectivity index (χ1n) is 2.11. The van der Waals surface area contributed by atoms with Crippen LogP contribution >= 0.6 is 10.7 Å². The van der Waals surface area contributed by atoms with E-state index >= 15 is 0 Å². The van der Waals surface area contributed by atoms with Crippen LogP contribution in [-0.2, 0) is 0 Å². The van der Waals surface area contributed by atoms with Gasteiger partial charge in [-0.25, -0.2) is 10.7 Å². The van der Waals surface area contributed by atoms with E-state index in [-0.39, 0.29) is 38.5 Å². The summed E-state index contributed by atoms with van der Waals surface area (Å²) in [5.41, 5.74) is 0. The van der Waals surface area contributed by atoms with Crippen LogP contribution < -0.4 is 34.4 Å². The molecule has 42 valence electrons. The van der Waals surface area contributed by atoms with Gasteiger partial charge in [-0.15, -0.1) is 0 Å². The average molecular weight is 172 g/mol. The molecule has 0 heterocycles. The molecule has 0 fully saturated rings. The van der Waals surface area contributed by atoms with Gasteiger partial charge in [0.2, 0.25) is 0 Å². The third kappa shape index (κ3) is 10.7. The Bertz CT molecular complexity index is 55.7.